The van der Waals surface area contributed by atoms with Crippen LogP contribution in [-0.4, -0.2) is 42.6 Å². The van der Waals surface area contributed by atoms with Gasteiger partial charge in [-0.1, -0.05) is 13.8 Å². The van der Waals surface area contributed by atoms with Crippen LogP contribution in [0.15, 0.2) is 0 Å². The van der Waals surface area contributed by atoms with Gasteiger partial charge in [-0.15, -0.1) is 0 Å². The van der Waals surface area contributed by atoms with Crippen LogP contribution in [0, 0.1) is 11.8 Å². The highest BCUT2D eigenvalue weighted by molar-refractivity contribution is 5.79. The summed E-state index contributed by atoms with van der Waals surface area (Å²) in [5.41, 5.74) is 5.69. The fourth-order valence-corrected chi connectivity index (χ4v) is 3.36. The summed E-state index contributed by atoms with van der Waals surface area (Å²) in [5, 5.41) is 0. The molecule has 1 aliphatic carbocycles. The summed E-state index contributed by atoms with van der Waals surface area (Å²) in [6.45, 7) is 6.30. The number of hydrogen-bond donors (Lipinski definition) is 1. The molecule has 0 bridgehead atoms. The molecule has 0 aromatic carbocycles. The SMILES string of the molecule is CC1CCC(N(CC2CCCO2)C(=O)C(C)CN)CC1. The van der Waals surface area contributed by atoms with Crippen LogP contribution in [0.1, 0.15) is 52.4 Å². The van der Waals surface area contributed by atoms with Crippen LogP contribution in [-0.2, 0) is 9.53 Å². The van der Waals surface area contributed by atoms with E-state index in [0.29, 0.717) is 12.6 Å². The Balaban J connectivity index is 2.00. The standard InChI is InChI=1S/C16H30N2O2/c1-12-5-7-14(8-6-12)18(16(19)13(2)10-17)11-15-4-3-9-20-15/h12-15H,3-11,17H2,1-2H3. The number of amides is 1. The second-order valence-corrected chi connectivity index (χ2v) is 6.68. The summed E-state index contributed by atoms with van der Waals surface area (Å²) in [6.07, 6.45) is 7.19. The van der Waals surface area contributed by atoms with Gasteiger partial charge in [0.15, 0.2) is 0 Å². The minimum atomic E-state index is -0.0734. The minimum Gasteiger partial charge on any atom is -0.376 e. The second kappa shape index (κ2) is 7.41. The molecule has 20 heavy (non-hydrogen) atoms. The summed E-state index contributed by atoms with van der Waals surface area (Å²) in [6, 6.07) is 0.400. The van der Waals surface area contributed by atoms with Gasteiger partial charge in [0, 0.05) is 31.7 Å². The summed E-state index contributed by atoms with van der Waals surface area (Å²) in [5.74, 6) is 0.955. The summed E-state index contributed by atoms with van der Waals surface area (Å²) in [7, 11) is 0. The van der Waals surface area contributed by atoms with E-state index in [2.05, 4.69) is 11.8 Å². The highest BCUT2D eigenvalue weighted by Crippen LogP contribution is 2.29. The average molecular weight is 282 g/mol. The zero-order chi connectivity index (χ0) is 14.5. The minimum absolute atomic E-state index is 0.0734. The lowest BCUT2D eigenvalue weighted by atomic mass is 9.86. The molecule has 1 heterocycles. The van der Waals surface area contributed by atoms with Crippen molar-refractivity contribution < 1.29 is 9.53 Å². The van der Waals surface area contributed by atoms with Gasteiger partial charge in [-0.2, -0.15) is 0 Å². The fraction of sp³-hybridized carbons (Fsp3) is 0.938. The van der Waals surface area contributed by atoms with E-state index < -0.39 is 0 Å². The normalized spacial score (nSPS) is 32.0. The molecule has 0 aromatic rings. The van der Waals surface area contributed by atoms with Crippen LogP contribution in [0.2, 0.25) is 0 Å². The summed E-state index contributed by atoms with van der Waals surface area (Å²) in [4.78, 5) is 14.7. The van der Waals surface area contributed by atoms with Crippen molar-refractivity contribution in [1.82, 2.24) is 4.90 Å². The maximum Gasteiger partial charge on any atom is 0.227 e. The number of ether oxygens (including phenoxy) is 1. The summed E-state index contributed by atoms with van der Waals surface area (Å²) >= 11 is 0. The molecule has 0 spiro atoms. The third kappa shape index (κ3) is 3.95. The van der Waals surface area contributed by atoms with Gasteiger partial charge >= 0.3 is 0 Å². The molecule has 2 fully saturated rings. The Morgan fingerprint density at radius 2 is 2.00 bits per heavy atom. The Morgan fingerprint density at radius 3 is 2.55 bits per heavy atom. The van der Waals surface area contributed by atoms with E-state index in [1.54, 1.807) is 0 Å². The first-order valence-electron chi connectivity index (χ1n) is 8.24. The van der Waals surface area contributed by atoms with E-state index in [4.69, 9.17) is 10.5 Å². The number of rotatable bonds is 5. The number of carbonyl (C=O) groups is 1. The molecule has 2 atom stereocenters. The molecule has 1 saturated carbocycles. The van der Waals surface area contributed by atoms with Gasteiger partial charge in [-0.3, -0.25) is 4.79 Å². The molecule has 2 unspecified atom stereocenters. The molecule has 2 N–H and O–H groups in total. The van der Waals surface area contributed by atoms with Crippen molar-refractivity contribution in [2.24, 2.45) is 17.6 Å². The fourth-order valence-electron chi connectivity index (χ4n) is 3.36. The van der Waals surface area contributed by atoms with Crippen molar-refractivity contribution >= 4 is 5.91 Å². The molecular weight excluding hydrogens is 252 g/mol. The Bertz CT molecular complexity index is 308. The van der Waals surface area contributed by atoms with Crippen molar-refractivity contribution in [1.29, 1.82) is 0 Å². The Morgan fingerprint density at radius 1 is 1.30 bits per heavy atom. The monoisotopic (exact) mass is 282 g/mol. The van der Waals surface area contributed by atoms with Gasteiger partial charge in [0.05, 0.1) is 6.10 Å². The number of hydrogen-bond acceptors (Lipinski definition) is 3. The Labute approximate surface area is 123 Å². The van der Waals surface area contributed by atoms with Gasteiger partial charge in [-0.25, -0.2) is 0 Å². The van der Waals surface area contributed by atoms with Gasteiger partial charge in [0.1, 0.15) is 0 Å². The largest absolute Gasteiger partial charge is 0.376 e. The number of nitrogens with two attached hydrogens (primary N) is 1. The molecule has 2 rings (SSSR count). The van der Waals surface area contributed by atoms with Gasteiger partial charge < -0.3 is 15.4 Å². The van der Waals surface area contributed by atoms with Crippen molar-refractivity contribution in [3.8, 4) is 0 Å². The molecule has 4 heteroatoms. The topological polar surface area (TPSA) is 55.6 Å². The van der Waals surface area contributed by atoms with E-state index in [1.165, 1.54) is 12.8 Å². The van der Waals surface area contributed by atoms with Crippen LogP contribution in [0.25, 0.3) is 0 Å². The zero-order valence-electron chi connectivity index (χ0n) is 13.0. The maximum absolute atomic E-state index is 12.6. The smallest absolute Gasteiger partial charge is 0.227 e. The zero-order valence-corrected chi connectivity index (χ0v) is 13.0. The van der Waals surface area contributed by atoms with Gasteiger partial charge in [0.2, 0.25) is 5.91 Å². The van der Waals surface area contributed by atoms with Crippen molar-refractivity contribution in [2.75, 3.05) is 19.7 Å². The first-order chi connectivity index (χ1) is 9.61. The molecule has 1 amide bonds. The number of carbonyl (C=O) groups excluding carboxylic acids is 1. The predicted molar refractivity (Wildman–Crippen MR) is 80.3 cm³/mol. The van der Waals surface area contributed by atoms with Crippen LogP contribution in [0.3, 0.4) is 0 Å². The van der Waals surface area contributed by atoms with Crippen LogP contribution >= 0.6 is 0 Å². The van der Waals surface area contributed by atoms with E-state index in [-0.39, 0.29) is 17.9 Å². The van der Waals surface area contributed by atoms with Gasteiger partial charge in [0.25, 0.3) is 0 Å². The first kappa shape index (κ1) is 15.8. The number of nitrogens with zero attached hydrogens (tertiary/aromatic N) is 1. The van der Waals surface area contributed by atoms with Gasteiger partial charge in [-0.05, 0) is 44.4 Å². The van der Waals surface area contributed by atoms with E-state index >= 15 is 0 Å². The predicted octanol–water partition coefficient (Wildman–Crippen LogP) is 2.17. The summed E-state index contributed by atoms with van der Waals surface area (Å²) < 4.78 is 5.73. The quantitative estimate of drug-likeness (QED) is 0.841. The highest BCUT2D eigenvalue weighted by Gasteiger charge is 2.32. The molecule has 116 valence electrons. The van der Waals surface area contributed by atoms with E-state index in [0.717, 1.165) is 44.8 Å². The Kier molecular flexibility index (Phi) is 5.85. The molecule has 0 aromatic heterocycles. The lowest BCUT2D eigenvalue weighted by Crippen LogP contribution is -2.49. The molecule has 1 aliphatic heterocycles. The van der Waals surface area contributed by atoms with Crippen LogP contribution < -0.4 is 5.73 Å². The lowest BCUT2D eigenvalue weighted by Gasteiger charge is -2.38. The van der Waals surface area contributed by atoms with E-state index in [1.807, 2.05) is 6.92 Å². The third-order valence-electron chi connectivity index (χ3n) is 4.91. The van der Waals surface area contributed by atoms with Crippen molar-refractivity contribution in [2.45, 2.75) is 64.5 Å². The second-order valence-electron chi connectivity index (χ2n) is 6.68. The molecule has 2 aliphatic rings. The average Bonchev–Trinajstić information content (AvgIpc) is 2.97. The lowest BCUT2D eigenvalue weighted by molar-refractivity contribution is -0.139. The highest BCUT2D eigenvalue weighted by atomic mass is 16.5. The maximum atomic E-state index is 12.6. The van der Waals surface area contributed by atoms with Crippen molar-refractivity contribution in [3.63, 3.8) is 0 Å². The third-order valence-corrected chi connectivity index (χ3v) is 4.91. The van der Waals surface area contributed by atoms with Crippen molar-refractivity contribution in [3.05, 3.63) is 0 Å². The Hall–Kier alpha value is -0.610. The first-order valence-corrected chi connectivity index (χ1v) is 8.24. The molecule has 1 saturated heterocycles. The van der Waals surface area contributed by atoms with Crippen LogP contribution in [0.5, 0.6) is 0 Å². The van der Waals surface area contributed by atoms with Crippen LogP contribution in [0.4, 0.5) is 0 Å². The van der Waals surface area contributed by atoms with E-state index in [9.17, 15) is 4.79 Å². The molecule has 0 radical (unpaired) electrons. The molecular formula is C16H30N2O2. The molecule has 4 nitrogen and oxygen atoms in total.